The lowest BCUT2D eigenvalue weighted by atomic mass is 10.1. The Hall–Kier alpha value is -5.57. The van der Waals surface area contributed by atoms with Gasteiger partial charge >= 0.3 is 0 Å². The normalized spacial score (nSPS) is 11.9. The molecule has 9 heteroatoms. The molecule has 0 spiro atoms. The number of H-pyrrole nitrogens is 1. The van der Waals surface area contributed by atoms with Crippen LogP contribution in [0.4, 0.5) is 11.4 Å². The lowest BCUT2D eigenvalue weighted by Crippen LogP contribution is -2.30. The lowest BCUT2D eigenvalue weighted by molar-refractivity contribution is -0.116. The second kappa shape index (κ2) is 14.9. The standard InChI is InChI=1S/C39H31ClN4O3S/c1-25-22-30(18-21-33(25)40)43-39(47)36(26-10-4-2-5-11-26)48-31-19-16-29(17-20-31)42-38(46)35(44-37(45)27-12-6-3-7-13-27)23-28-24-41-34-15-9-8-14-32(28)34/h2-24,36,41H,1H3,(H,42,46)(H,43,47)(H,44,45)/b35-23-. The van der Waals surface area contributed by atoms with Gasteiger partial charge in [-0.15, -0.1) is 11.8 Å². The van der Waals surface area contributed by atoms with Crippen molar-refractivity contribution in [3.05, 3.63) is 167 Å². The van der Waals surface area contributed by atoms with Crippen LogP contribution in [0.25, 0.3) is 17.0 Å². The number of carbonyl (C=O) groups excluding carboxylic acids is 3. The Morgan fingerprint density at radius 1 is 0.771 bits per heavy atom. The number of fused-ring (bicyclic) bond motifs is 1. The first-order valence-electron chi connectivity index (χ1n) is 15.2. The summed E-state index contributed by atoms with van der Waals surface area (Å²) in [5.74, 6) is -1.06. The molecule has 0 fully saturated rings. The molecule has 48 heavy (non-hydrogen) atoms. The van der Waals surface area contributed by atoms with E-state index in [0.29, 0.717) is 22.0 Å². The van der Waals surface area contributed by atoms with E-state index >= 15 is 0 Å². The summed E-state index contributed by atoms with van der Waals surface area (Å²) in [4.78, 5) is 44.3. The Kier molecular flexibility index (Phi) is 10.0. The third-order valence-corrected chi connectivity index (χ3v) is 9.27. The van der Waals surface area contributed by atoms with Crippen molar-refractivity contribution < 1.29 is 14.4 Å². The Labute approximate surface area is 287 Å². The fourth-order valence-corrected chi connectivity index (χ4v) is 6.24. The van der Waals surface area contributed by atoms with Crippen LogP contribution in [0.1, 0.15) is 32.3 Å². The Balaban J connectivity index is 1.21. The van der Waals surface area contributed by atoms with E-state index in [1.807, 2.05) is 85.8 Å². The first-order valence-corrected chi connectivity index (χ1v) is 16.4. The molecule has 1 heterocycles. The zero-order valence-corrected chi connectivity index (χ0v) is 27.4. The molecule has 7 nitrogen and oxygen atoms in total. The topological polar surface area (TPSA) is 103 Å². The molecule has 0 aliphatic carbocycles. The second-order valence-corrected chi connectivity index (χ2v) is 12.6. The summed E-state index contributed by atoms with van der Waals surface area (Å²) in [6.45, 7) is 1.89. The number of anilines is 2. The van der Waals surface area contributed by atoms with Gasteiger partial charge in [0.25, 0.3) is 11.8 Å². The zero-order valence-electron chi connectivity index (χ0n) is 25.9. The van der Waals surface area contributed by atoms with Gasteiger partial charge in [0.05, 0.1) is 0 Å². The number of rotatable bonds is 10. The van der Waals surface area contributed by atoms with Crippen LogP contribution in [0.15, 0.2) is 144 Å². The minimum atomic E-state index is -0.540. The molecule has 5 aromatic carbocycles. The Bertz CT molecular complexity index is 2110. The van der Waals surface area contributed by atoms with Crippen molar-refractivity contribution in [2.45, 2.75) is 17.1 Å². The number of nitrogens with one attached hydrogen (secondary N) is 4. The molecule has 6 rings (SSSR count). The van der Waals surface area contributed by atoms with E-state index in [1.54, 1.807) is 60.8 Å². The molecule has 0 bridgehead atoms. The van der Waals surface area contributed by atoms with Crippen LogP contribution in [-0.4, -0.2) is 22.7 Å². The van der Waals surface area contributed by atoms with Gasteiger partial charge in [-0.3, -0.25) is 14.4 Å². The largest absolute Gasteiger partial charge is 0.361 e. The molecular weight excluding hydrogens is 640 g/mol. The van der Waals surface area contributed by atoms with Crippen LogP contribution in [0.5, 0.6) is 0 Å². The quantitative estimate of drug-likeness (QED) is 0.0863. The number of benzene rings is 5. The van der Waals surface area contributed by atoms with Crippen LogP contribution >= 0.6 is 23.4 Å². The number of thioether (sulfide) groups is 1. The molecule has 0 aliphatic rings. The van der Waals surface area contributed by atoms with E-state index in [4.69, 9.17) is 11.6 Å². The number of aromatic amines is 1. The van der Waals surface area contributed by atoms with Crippen LogP contribution in [0, 0.1) is 6.92 Å². The number of hydrogen-bond acceptors (Lipinski definition) is 4. The van der Waals surface area contributed by atoms with Crippen molar-refractivity contribution in [1.82, 2.24) is 10.3 Å². The van der Waals surface area contributed by atoms with E-state index in [9.17, 15) is 14.4 Å². The third kappa shape index (κ3) is 7.86. The maximum absolute atomic E-state index is 13.6. The summed E-state index contributed by atoms with van der Waals surface area (Å²) in [5, 5.41) is 9.72. The summed E-state index contributed by atoms with van der Waals surface area (Å²) in [6.07, 6.45) is 3.45. The van der Waals surface area contributed by atoms with Crippen molar-refractivity contribution in [3.8, 4) is 0 Å². The van der Waals surface area contributed by atoms with Crippen molar-refractivity contribution in [3.63, 3.8) is 0 Å². The SMILES string of the molecule is Cc1cc(NC(=O)C(Sc2ccc(NC(=O)/C(=C/c3c[nH]c4ccccc34)NC(=O)c3ccccc3)cc2)c2ccccc2)ccc1Cl. The summed E-state index contributed by atoms with van der Waals surface area (Å²) in [7, 11) is 0. The first kappa shape index (κ1) is 32.4. The molecule has 3 amide bonds. The van der Waals surface area contributed by atoms with Gasteiger partial charge < -0.3 is 20.9 Å². The molecular formula is C39H31ClN4O3S. The highest BCUT2D eigenvalue weighted by Crippen LogP contribution is 2.37. The van der Waals surface area contributed by atoms with E-state index in [2.05, 4.69) is 20.9 Å². The molecule has 0 saturated carbocycles. The average molecular weight is 671 g/mol. The molecule has 0 saturated heterocycles. The summed E-state index contributed by atoms with van der Waals surface area (Å²) < 4.78 is 0. The molecule has 4 N–H and O–H groups in total. The van der Waals surface area contributed by atoms with Crippen LogP contribution in [0.2, 0.25) is 5.02 Å². The summed E-state index contributed by atoms with van der Waals surface area (Å²) in [5.41, 5.74) is 5.11. The minimum Gasteiger partial charge on any atom is -0.361 e. The van der Waals surface area contributed by atoms with E-state index in [0.717, 1.165) is 32.5 Å². The van der Waals surface area contributed by atoms with Gasteiger partial charge in [-0.25, -0.2) is 0 Å². The van der Waals surface area contributed by atoms with Crippen molar-refractivity contribution in [2.24, 2.45) is 0 Å². The van der Waals surface area contributed by atoms with E-state index < -0.39 is 17.1 Å². The van der Waals surface area contributed by atoms with Crippen LogP contribution < -0.4 is 16.0 Å². The zero-order chi connectivity index (χ0) is 33.5. The number of hydrogen-bond donors (Lipinski definition) is 4. The highest BCUT2D eigenvalue weighted by atomic mass is 35.5. The van der Waals surface area contributed by atoms with Crippen LogP contribution in [0.3, 0.4) is 0 Å². The fraction of sp³-hybridized carbons (Fsp3) is 0.0513. The second-order valence-electron chi connectivity index (χ2n) is 11.0. The van der Waals surface area contributed by atoms with Gasteiger partial charge in [0.15, 0.2) is 0 Å². The molecule has 238 valence electrons. The van der Waals surface area contributed by atoms with Gasteiger partial charge in [-0.2, -0.15) is 0 Å². The van der Waals surface area contributed by atoms with Gasteiger partial charge in [0, 0.05) is 49.5 Å². The van der Waals surface area contributed by atoms with Crippen molar-refractivity contribution in [2.75, 3.05) is 10.6 Å². The van der Waals surface area contributed by atoms with Gasteiger partial charge in [0.1, 0.15) is 10.9 Å². The highest BCUT2D eigenvalue weighted by Gasteiger charge is 2.23. The number of para-hydroxylation sites is 1. The molecule has 1 unspecified atom stereocenters. The monoisotopic (exact) mass is 670 g/mol. The number of amides is 3. The maximum atomic E-state index is 13.6. The Morgan fingerprint density at radius 3 is 2.17 bits per heavy atom. The molecule has 6 aromatic rings. The fourth-order valence-electron chi connectivity index (χ4n) is 5.09. The third-order valence-electron chi connectivity index (χ3n) is 7.58. The Morgan fingerprint density at radius 2 is 1.44 bits per heavy atom. The van der Waals surface area contributed by atoms with E-state index in [-0.39, 0.29) is 11.6 Å². The first-order chi connectivity index (χ1) is 23.3. The molecule has 0 aliphatic heterocycles. The highest BCUT2D eigenvalue weighted by molar-refractivity contribution is 8.00. The molecule has 0 radical (unpaired) electrons. The van der Waals surface area contributed by atoms with Gasteiger partial charge in [-0.05, 0) is 84.8 Å². The molecule has 1 aromatic heterocycles. The van der Waals surface area contributed by atoms with Gasteiger partial charge in [0.2, 0.25) is 5.91 Å². The number of aromatic nitrogens is 1. The van der Waals surface area contributed by atoms with E-state index in [1.165, 1.54) is 11.8 Å². The van der Waals surface area contributed by atoms with Gasteiger partial charge in [-0.1, -0.05) is 78.3 Å². The summed E-state index contributed by atoms with van der Waals surface area (Å²) >= 11 is 7.58. The predicted octanol–water partition coefficient (Wildman–Crippen LogP) is 9.01. The molecule has 1 atom stereocenters. The maximum Gasteiger partial charge on any atom is 0.272 e. The lowest BCUT2D eigenvalue weighted by Gasteiger charge is -2.18. The average Bonchev–Trinajstić information content (AvgIpc) is 3.52. The van der Waals surface area contributed by atoms with Crippen molar-refractivity contribution in [1.29, 1.82) is 0 Å². The number of halogens is 1. The minimum absolute atomic E-state index is 0.0882. The number of carbonyl (C=O) groups is 3. The van der Waals surface area contributed by atoms with Crippen molar-refractivity contribution >= 4 is 69.4 Å². The predicted molar refractivity (Wildman–Crippen MR) is 195 cm³/mol. The number of aryl methyl sites for hydroxylation is 1. The summed E-state index contributed by atoms with van der Waals surface area (Å²) in [6, 6.07) is 38.6. The smallest absolute Gasteiger partial charge is 0.272 e. The van der Waals surface area contributed by atoms with Crippen LogP contribution in [-0.2, 0) is 9.59 Å².